The number of hydrogen-bond acceptors (Lipinski definition) is 4. The van der Waals surface area contributed by atoms with Crippen molar-refractivity contribution >= 4 is 12.3 Å². The predicted molar refractivity (Wildman–Crippen MR) is 115 cm³/mol. The molecular weight excluding hydrogens is 376 g/mol. The van der Waals surface area contributed by atoms with E-state index >= 15 is 0 Å². The molecule has 0 saturated carbocycles. The summed E-state index contributed by atoms with van der Waals surface area (Å²) in [6, 6.07) is 21.9. The topological polar surface area (TPSA) is 51.1 Å². The van der Waals surface area contributed by atoms with Crippen molar-refractivity contribution in [1.29, 1.82) is 0 Å². The maximum atomic E-state index is 12.6. The van der Waals surface area contributed by atoms with E-state index in [4.69, 9.17) is 9.47 Å². The van der Waals surface area contributed by atoms with E-state index in [2.05, 4.69) is 29.3 Å². The first kappa shape index (κ1) is 18.4. The van der Waals surface area contributed by atoms with Gasteiger partial charge in [0.1, 0.15) is 11.5 Å². The number of aliphatic imine (C=N–C) groups is 1. The van der Waals surface area contributed by atoms with Gasteiger partial charge in [-0.25, -0.2) is 4.79 Å². The van der Waals surface area contributed by atoms with E-state index in [0.717, 1.165) is 11.3 Å². The van der Waals surface area contributed by atoms with E-state index in [1.54, 1.807) is 12.0 Å². The molecule has 0 aliphatic carbocycles. The van der Waals surface area contributed by atoms with Crippen molar-refractivity contribution in [3.8, 4) is 11.5 Å². The first-order valence-corrected chi connectivity index (χ1v) is 10.0. The Hall–Kier alpha value is -3.60. The van der Waals surface area contributed by atoms with Crippen molar-refractivity contribution in [2.75, 3.05) is 7.11 Å². The van der Waals surface area contributed by atoms with Crippen LogP contribution in [0.4, 0.5) is 4.79 Å². The smallest absolute Gasteiger partial charge is 0.415 e. The molecule has 0 spiro atoms. The molecular formula is C25H22N2O3. The van der Waals surface area contributed by atoms with Gasteiger partial charge in [0.2, 0.25) is 0 Å². The van der Waals surface area contributed by atoms with Gasteiger partial charge in [0.15, 0.2) is 0 Å². The van der Waals surface area contributed by atoms with Gasteiger partial charge < -0.3 is 9.47 Å². The number of benzene rings is 3. The molecule has 1 atom stereocenters. The highest BCUT2D eigenvalue weighted by Gasteiger charge is 2.25. The molecule has 1 unspecified atom stereocenters. The minimum atomic E-state index is -0.326. The Labute approximate surface area is 175 Å². The third-order valence-corrected chi connectivity index (χ3v) is 5.75. The van der Waals surface area contributed by atoms with Crippen LogP contribution >= 0.6 is 0 Å². The van der Waals surface area contributed by atoms with Gasteiger partial charge >= 0.3 is 6.09 Å². The first-order chi connectivity index (χ1) is 14.7. The lowest BCUT2D eigenvalue weighted by molar-refractivity contribution is 0.152. The summed E-state index contributed by atoms with van der Waals surface area (Å²) >= 11 is 0. The predicted octanol–water partition coefficient (Wildman–Crippen LogP) is 4.93. The lowest BCUT2D eigenvalue weighted by Gasteiger charge is -2.22. The van der Waals surface area contributed by atoms with Gasteiger partial charge in [0.05, 0.1) is 13.7 Å². The average molecular weight is 398 g/mol. The first-order valence-electron chi connectivity index (χ1n) is 10.0. The zero-order chi connectivity index (χ0) is 20.5. The van der Waals surface area contributed by atoms with Crippen LogP contribution in [0, 0.1) is 0 Å². The Balaban J connectivity index is 1.30. The molecule has 0 aromatic heterocycles. The zero-order valence-electron chi connectivity index (χ0n) is 16.7. The number of carbonyl (C=O) groups is 1. The van der Waals surface area contributed by atoms with Crippen LogP contribution in [0.2, 0.25) is 0 Å². The van der Waals surface area contributed by atoms with Crippen molar-refractivity contribution in [1.82, 2.24) is 4.90 Å². The van der Waals surface area contributed by atoms with Crippen molar-refractivity contribution in [2.24, 2.45) is 4.99 Å². The maximum Gasteiger partial charge on any atom is 0.415 e. The SMILES string of the molecule is COc1ccc2c(c1)C(c1ccc(OC(=O)N3Cc4ccccc4C3)cc1)C=NC2. The molecule has 0 saturated heterocycles. The van der Waals surface area contributed by atoms with Crippen LogP contribution in [0.25, 0.3) is 0 Å². The Kier molecular flexibility index (Phi) is 4.71. The Morgan fingerprint density at radius 1 is 0.933 bits per heavy atom. The Morgan fingerprint density at radius 3 is 2.33 bits per heavy atom. The summed E-state index contributed by atoms with van der Waals surface area (Å²) in [6.45, 7) is 1.86. The van der Waals surface area contributed by atoms with Crippen LogP contribution < -0.4 is 9.47 Å². The zero-order valence-corrected chi connectivity index (χ0v) is 16.7. The number of methoxy groups -OCH3 is 1. The number of rotatable bonds is 3. The normalized spacial score (nSPS) is 16.7. The fourth-order valence-electron chi connectivity index (χ4n) is 4.11. The highest BCUT2D eigenvalue weighted by atomic mass is 16.6. The third-order valence-electron chi connectivity index (χ3n) is 5.75. The minimum Gasteiger partial charge on any atom is -0.497 e. The number of fused-ring (bicyclic) bond motifs is 2. The highest BCUT2D eigenvalue weighted by Crippen LogP contribution is 2.33. The highest BCUT2D eigenvalue weighted by molar-refractivity contribution is 5.76. The van der Waals surface area contributed by atoms with Gasteiger partial charge in [-0.05, 0) is 52.1 Å². The number of hydrogen-bond donors (Lipinski definition) is 0. The van der Waals surface area contributed by atoms with Crippen molar-refractivity contribution in [2.45, 2.75) is 25.6 Å². The summed E-state index contributed by atoms with van der Waals surface area (Å²) in [5.41, 5.74) is 5.85. The number of ether oxygens (including phenoxy) is 2. The molecule has 0 fully saturated rings. The molecule has 1 amide bonds. The van der Waals surface area contributed by atoms with Gasteiger partial charge in [-0.2, -0.15) is 0 Å². The molecule has 5 rings (SSSR count). The molecule has 150 valence electrons. The van der Waals surface area contributed by atoms with Crippen LogP contribution in [-0.4, -0.2) is 24.3 Å². The summed E-state index contributed by atoms with van der Waals surface area (Å²) in [4.78, 5) is 18.8. The summed E-state index contributed by atoms with van der Waals surface area (Å²) in [7, 11) is 1.68. The van der Waals surface area contributed by atoms with Gasteiger partial charge in [-0.3, -0.25) is 9.89 Å². The largest absolute Gasteiger partial charge is 0.497 e. The molecule has 3 aromatic rings. The van der Waals surface area contributed by atoms with Gasteiger partial charge in [0, 0.05) is 25.2 Å². The van der Waals surface area contributed by atoms with Gasteiger partial charge in [-0.1, -0.05) is 42.5 Å². The van der Waals surface area contributed by atoms with E-state index in [-0.39, 0.29) is 12.0 Å². The van der Waals surface area contributed by atoms with Crippen LogP contribution in [-0.2, 0) is 19.6 Å². The lowest BCUT2D eigenvalue weighted by Crippen LogP contribution is -2.28. The van der Waals surface area contributed by atoms with E-state index < -0.39 is 0 Å². The molecule has 2 aliphatic heterocycles. The summed E-state index contributed by atoms with van der Waals surface area (Å²) in [6.07, 6.45) is 1.65. The van der Waals surface area contributed by atoms with Gasteiger partial charge in [-0.15, -0.1) is 0 Å². The molecule has 0 radical (unpaired) electrons. The second kappa shape index (κ2) is 7.67. The van der Waals surface area contributed by atoms with Crippen molar-refractivity contribution in [3.63, 3.8) is 0 Å². The molecule has 2 heterocycles. The fraction of sp³-hybridized carbons (Fsp3) is 0.200. The molecule has 2 aliphatic rings. The molecule has 0 bridgehead atoms. The maximum absolute atomic E-state index is 12.6. The van der Waals surface area contributed by atoms with Gasteiger partial charge in [0.25, 0.3) is 0 Å². The quantitative estimate of drug-likeness (QED) is 0.629. The Morgan fingerprint density at radius 2 is 1.63 bits per heavy atom. The van der Waals surface area contributed by atoms with Crippen molar-refractivity contribution in [3.05, 3.63) is 94.5 Å². The minimum absolute atomic E-state index is 0.0571. The van der Waals surface area contributed by atoms with E-state index in [1.807, 2.05) is 48.7 Å². The van der Waals surface area contributed by atoms with Crippen LogP contribution in [0.1, 0.15) is 33.7 Å². The van der Waals surface area contributed by atoms with Crippen LogP contribution in [0.5, 0.6) is 11.5 Å². The summed E-state index contributed by atoms with van der Waals surface area (Å²) in [5, 5.41) is 0. The number of carbonyl (C=O) groups excluding carboxylic acids is 1. The molecule has 5 heteroatoms. The molecule has 3 aromatic carbocycles. The summed E-state index contributed by atoms with van der Waals surface area (Å²) < 4.78 is 11.0. The average Bonchev–Trinajstić information content (AvgIpc) is 3.23. The molecule has 30 heavy (non-hydrogen) atoms. The van der Waals surface area contributed by atoms with Crippen LogP contribution in [0.3, 0.4) is 0 Å². The standard InChI is InChI=1S/C25H22N2O3/c1-29-22-11-8-18-13-26-14-24(23(18)12-22)17-6-9-21(10-7-17)30-25(28)27-15-19-4-2-3-5-20(19)16-27/h2-12,14,24H,13,15-16H2,1H3. The molecule has 0 N–H and O–H groups in total. The second-order valence-corrected chi connectivity index (χ2v) is 7.59. The number of amides is 1. The molecule has 5 nitrogen and oxygen atoms in total. The van der Waals surface area contributed by atoms with E-state index in [1.165, 1.54) is 22.3 Å². The number of nitrogens with zero attached hydrogens (tertiary/aromatic N) is 2. The van der Waals surface area contributed by atoms with Crippen LogP contribution in [0.15, 0.2) is 71.7 Å². The van der Waals surface area contributed by atoms with E-state index in [0.29, 0.717) is 25.4 Å². The Bertz CT molecular complexity index is 1100. The van der Waals surface area contributed by atoms with E-state index in [9.17, 15) is 4.79 Å². The summed E-state index contributed by atoms with van der Waals surface area (Å²) in [5.74, 6) is 1.44. The monoisotopic (exact) mass is 398 g/mol. The lowest BCUT2D eigenvalue weighted by atomic mass is 9.87. The third kappa shape index (κ3) is 3.43. The second-order valence-electron chi connectivity index (χ2n) is 7.59. The fourth-order valence-corrected chi connectivity index (χ4v) is 4.11. The van der Waals surface area contributed by atoms with Crippen molar-refractivity contribution < 1.29 is 14.3 Å².